The van der Waals surface area contributed by atoms with Gasteiger partial charge in [-0.2, -0.15) is 5.10 Å². The highest BCUT2D eigenvalue weighted by Crippen LogP contribution is 2.11. The topological polar surface area (TPSA) is 51.1 Å². The van der Waals surface area contributed by atoms with Crippen molar-refractivity contribution >= 4 is 23.0 Å². The molecule has 96 valence electrons. The smallest absolute Gasteiger partial charge is 0.170 e. The lowest BCUT2D eigenvalue weighted by Crippen LogP contribution is -2.29. The quantitative estimate of drug-likeness (QED) is 0.597. The van der Waals surface area contributed by atoms with Crippen LogP contribution < -0.4 is 10.6 Å². The number of hydrogen-bond donors (Lipinski definition) is 2. The molecule has 1 rings (SSSR count). The van der Waals surface area contributed by atoms with Crippen LogP contribution in [0.5, 0.6) is 0 Å². The van der Waals surface area contributed by atoms with E-state index in [1.807, 2.05) is 17.8 Å². The van der Waals surface area contributed by atoms with Crippen LogP contribution in [0.15, 0.2) is 6.20 Å². The van der Waals surface area contributed by atoms with Crippen molar-refractivity contribution in [2.24, 2.45) is 0 Å². The molecule has 2 N–H and O–H groups in total. The molecule has 0 saturated carbocycles. The zero-order valence-corrected chi connectivity index (χ0v) is 11.4. The summed E-state index contributed by atoms with van der Waals surface area (Å²) >= 11 is 5.19. The Hall–Kier alpha value is -1.14. The van der Waals surface area contributed by atoms with Gasteiger partial charge in [0.2, 0.25) is 0 Å². The number of anilines is 1. The van der Waals surface area contributed by atoms with Crippen LogP contribution in [0.1, 0.15) is 19.0 Å². The highest BCUT2D eigenvalue weighted by molar-refractivity contribution is 7.80. The molecule has 17 heavy (non-hydrogen) atoms. The number of methoxy groups -OCH3 is 1. The summed E-state index contributed by atoms with van der Waals surface area (Å²) in [5.41, 5.74) is 1.91. The van der Waals surface area contributed by atoms with Gasteiger partial charge in [0.15, 0.2) is 5.11 Å². The van der Waals surface area contributed by atoms with Crippen molar-refractivity contribution in [1.82, 2.24) is 15.1 Å². The number of nitrogens with one attached hydrogen (secondary N) is 2. The molecule has 0 atom stereocenters. The molecule has 0 saturated heterocycles. The van der Waals surface area contributed by atoms with E-state index in [0.717, 1.165) is 37.5 Å². The first-order valence-corrected chi connectivity index (χ1v) is 6.16. The molecule has 0 aliphatic rings. The van der Waals surface area contributed by atoms with Crippen molar-refractivity contribution in [2.45, 2.75) is 26.8 Å². The average molecular weight is 256 g/mol. The van der Waals surface area contributed by atoms with Gasteiger partial charge in [0, 0.05) is 33.0 Å². The molecule has 0 aromatic carbocycles. The van der Waals surface area contributed by atoms with E-state index in [2.05, 4.69) is 22.7 Å². The van der Waals surface area contributed by atoms with Crippen LogP contribution in [0.2, 0.25) is 0 Å². The molecule has 0 spiro atoms. The van der Waals surface area contributed by atoms with E-state index >= 15 is 0 Å². The maximum Gasteiger partial charge on any atom is 0.170 e. The van der Waals surface area contributed by atoms with Crippen LogP contribution >= 0.6 is 12.2 Å². The number of nitrogens with zero attached hydrogens (tertiary/aromatic N) is 2. The Morgan fingerprint density at radius 1 is 1.59 bits per heavy atom. The largest absolute Gasteiger partial charge is 0.385 e. The molecule has 1 aromatic rings. The molecule has 6 heteroatoms. The maximum atomic E-state index is 5.19. The third-order valence-corrected chi connectivity index (χ3v) is 2.58. The summed E-state index contributed by atoms with van der Waals surface area (Å²) in [6, 6.07) is 0. The summed E-state index contributed by atoms with van der Waals surface area (Å²) in [6.07, 6.45) is 2.89. The van der Waals surface area contributed by atoms with Crippen LogP contribution in [0.4, 0.5) is 5.69 Å². The summed E-state index contributed by atoms with van der Waals surface area (Å²) in [5.74, 6) is 0. The molecule has 0 aliphatic carbocycles. The summed E-state index contributed by atoms with van der Waals surface area (Å²) in [4.78, 5) is 0. The van der Waals surface area contributed by atoms with Gasteiger partial charge >= 0.3 is 0 Å². The Balaban J connectivity index is 2.36. The number of hydrogen-bond acceptors (Lipinski definition) is 3. The Labute approximate surface area is 108 Å². The van der Waals surface area contributed by atoms with Gasteiger partial charge in [-0.3, -0.25) is 4.68 Å². The second kappa shape index (κ2) is 7.24. The first-order valence-electron chi connectivity index (χ1n) is 5.75. The van der Waals surface area contributed by atoms with E-state index in [1.165, 1.54) is 0 Å². The summed E-state index contributed by atoms with van der Waals surface area (Å²) in [7, 11) is 1.69. The lowest BCUT2D eigenvalue weighted by molar-refractivity contribution is 0.196. The van der Waals surface area contributed by atoms with Crippen molar-refractivity contribution in [3.8, 4) is 0 Å². The first-order chi connectivity index (χ1) is 8.17. The van der Waals surface area contributed by atoms with Crippen molar-refractivity contribution in [2.75, 3.05) is 25.6 Å². The number of aromatic nitrogens is 2. The number of rotatable bonds is 6. The van der Waals surface area contributed by atoms with E-state index in [0.29, 0.717) is 5.11 Å². The van der Waals surface area contributed by atoms with Crippen molar-refractivity contribution in [3.05, 3.63) is 11.9 Å². The minimum Gasteiger partial charge on any atom is -0.385 e. The lowest BCUT2D eigenvalue weighted by Gasteiger charge is -2.09. The van der Waals surface area contributed by atoms with E-state index in [-0.39, 0.29) is 0 Å². The highest BCUT2D eigenvalue weighted by Gasteiger charge is 2.05. The molecular formula is C11H20N4OS. The van der Waals surface area contributed by atoms with Gasteiger partial charge in [-0.1, -0.05) is 0 Å². The SMILES string of the molecule is CCn1cc(NC(=S)NCCCOC)c(C)n1. The number of aryl methyl sites for hydroxylation is 2. The van der Waals surface area contributed by atoms with Crippen molar-refractivity contribution in [1.29, 1.82) is 0 Å². The summed E-state index contributed by atoms with van der Waals surface area (Å²) in [5, 5.41) is 11.2. The maximum absolute atomic E-state index is 5.19. The van der Waals surface area contributed by atoms with Gasteiger partial charge in [0.1, 0.15) is 0 Å². The molecule has 5 nitrogen and oxygen atoms in total. The van der Waals surface area contributed by atoms with Crippen molar-refractivity contribution < 1.29 is 4.74 Å². The van der Waals surface area contributed by atoms with Gasteiger partial charge in [0.05, 0.1) is 11.4 Å². The van der Waals surface area contributed by atoms with E-state index in [4.69, 9.17) is 17.0 Å². The van der Waals surface area contributed by atoms with Gasteiger partial charge in [-0.05, 0) is 32.5 Å². The zero-order valence-electron chi connectivity index (χ0n) is 10.6. The third kappa shape index (κ3) is 4.70. The van der Waals surface area contributed by atoms with Crippen LogP contribution in [-0.4, -0.2) is 35.2 Å². The minimum absolute atomic E-state index is 0.625. The fourth-order valence-corrected chi connectivity index (χ4v) is 1.60. The Morgan fingerprint density at radius 3 is 2.94 bits per heavy atom. The van der Waals surface area contributed by atoms with E-state index in [1.54, 1.807) is 7.11 Å². The molecular weight excluding hydrogens is 236 g/mol. The standard InChI is InChI=1S/C11H20N4OS/c1-4-15-8-10(9(2)14-15)13-11(17)12-6-5-7-16-3/h8H,4-7H2,1-3H3,(H2,12,13,17). The average Bonchev–Trinajstić information content (AvgIpc) is 2.66. The zero-order chi connectivity index (χ0) is 12.7. The number of ether oxygens (including phenoxy) is 1. The molecule has 1 heterocycles. The van der Waals surface area contributed by atoms with Crippen molar-refractivity contribution in [3.63, 3.8) is 0 Å². The monoisotopic (exact) mass is 256 g/mol. The van der Waals surface area contributed by atoms with Gasteiger partial charge in [-0.25, -0.2) is 0 Å². The highest BCUT2D eigenvalue weighted by atomic mass is 32.1. The van der Waals surface area contributed by atoms with Crippen LogP contribution in [0.25, 0.3) is 0 Å². The molecule has 0 bridgehead atoms. The summed E-state index contributed by atoms with van der Waals surface area (Å²) in [6.45, 7) is 6.42. The van der Waals surface area contributed by atoms with Gasteiger partial charge in [-0.15, -0.1) is 0 Å². The summed E-state index contributed by atoms with van der Waals surface area (Å²) < 4.78 is 6.84. The van der Waals surface area contributed by atoms with Crippen LogP contribution in [0.3, 0.4) is 0 Å². The normalized spacial score (nSPS) is 10.3. The second-order valence-corrected chi connectivity index (χ2v) is 4.12. The van der Waals surface area contributed by atoms with Crippen LogP contribution in [0, 0.1) is 6.92 Å². The molecule has 0 amide bonds. The predicted octanol–water partition coefficient (Wildman–Crippen LogP) is 1.53. The molecule has 1 aromatic heterocycles. The minimum atomic E-state index is 0.625. The molecule has 0 radical (unpaired) electrons. The Bertz CT molecular complexity index is 364. The predicted molar refractivity (Wildman–Crippen MR) is 73.4 cm³/mol. The third-order valence-electron chi connectivity index (χ3n) is 2.33. The van der Waals surface area contributed by atoms with Gasteiger partial charge in [0.25, 0.3) is 0 Å². The van der Waals surface area contributed by atoms with E-state index < -0.39 is 0 Å². The van der Waals surface area contributed by atoms with Crippen LogP contribution in [-0.2, 0) is 11.3 Å². The Morgan fingerprint density at radius 2 is 2.35 bits per heavy atom. The van der Waals surface area contributed by atoms with E-state index in [9.17, 15) is 0 Å². The fraction of sp³-hybridized carbons (Fsp3) is 0.636. The van der Waals surface area contributed by atoms with Gasteiger partial charge < -0.3 is 15.4 Å². The second-order valence-electron chi connectivity index (χ2n) is 3.71. The first kappa shape index (κ1) is 13.9. The molecule has 0 aliphatic heterocycles. The molecule has 0 fully saturated rings. The fourth-order valence-electron chi connectivity index (χ4n) is 1.39. The molecule has 0 unspecified atom stereocenters. The number of thiocarbonyl (C=S) groups is 1. The lowest BCUT2D eigenvalue weighted by atomic mass is 10.4. The Kier molecular flexibility index (Phi) is 5.93.